The normalized spacial score (nSPS) is 11.1. The Morgan fingerprint density at radius 3 is 2.86 bits per heavy atom. The van der Waals surface area contributed by atoms with E-state index in [4.69, 9.17) is 5.11 Å². The Hall–Kier alpha value is -1.15. The Kier molecular flexibility index (Phi) is 4.33. The number of hydrogen-bond donors (Lipinski definition) is 1. The maximum Gasteiger partial charge on any atom is 0.123 e. The van der Waals surface area contributed by atoms with Crippen LogP contribution in [0.25, 0.3) is 0 Å². The van der Waals surface area contributed by atoms with Gasteiger partial charge in [-0.3, -0.25) is 0 Å². The van der Waals surface area contributed by atoms with E-state index in [-0.39, 0.29) is 12.4 Å². The molecular formula is C12H15FO. The SMILES string of the molecule is Cc1ccc(F)cc1CC/C=C/CO. The molecule has 0 unspecified atom stereocenters. The van der Waals surface area contributed by atoms with Crippen LogP contribution in [0.1, 0.15) is 17.5 Å². The smallest absolute Gasteiger partial charge is 0.123 e. The maximum atomic E-state index is 12.9. The van der Waals surface area contributed by atoms with Crippen molar-refractivity contribution in [2.24, 2.45) is 0 Å². The molecule has 1 N–H and O–H groups in total. The van der Waals surface area contributed by atoms with Crippen molar-refractivity contribution in [3.63, 3.8) is 0 Å². The van der Waals surface area contributed by atoms with Crippen LogP contribution in [0.2, 0.25) is 0 Å². The second-order valence-corrected chi connectivity index (χ2v) is 3.26. The molecule has 0 spiro atoms. The lowest BCUT2D eigenvalue weighted by atomic mass is 10.0. The molecule has 14 heavy (non-hydrogen) atoms. The van der Waals surface area contributed by atoms with E-state index in [1.54, 1.807) is 18.2 Å². The number of rotatable bonds is 4. The van der Waals surface area contributed by atoms with Crippen LogP contribution in [0.4, 0.5) is 4.39 Å². The van der Waals surface area contributed by atoms with Crippen molar-refractivity contribution in [3.05, 3.63) is 47.3 Å². The second-order valence-electron chi connectivity index (χ2n) is 3.26. The van der Waals surface area contributed by atoms with Gasteiger partial charge >= 0.3 is 0 Å². The lowest BCUT2D eigenvalue weighted by molar-refractivity contribution is 0.342. The molecule has 1 nitrogen and oxygen atoms in total. The van der Waals surface area contributed by atoms with Crippen LogP contribution >= 0.6 is 0 Å². The summed E-state index contributed by atoms with van der Waals surface area (Å²) in [5.41, 5.74) is 2.15. The summed E-state index contributed by atoms with van der Waals surface area (Å²) >= 11 is 0. The topological polar surface area (TPSA) is 20.2 Å². The van der Waals surface area contributed by atoms with Crippen LogP contribution in [0.15, 0.2) is 30.4 Å². The van der Waals surface area contributed by atoms with E-state index < -0.39 is 0 Å². The fraction of sp³-hybridized carbons (Fsp3) is 0.333. The first-order valence-electron chi connectivity index (χ1n) is 4.75. The summed E-state index contributed by atoms with van der Waals surface area (Å²) in [7, 11) is 0. The fourth-order valence-corrected chi connectivity index (χ4v) is 1.34. The third kappa shape index (κ3) is 3.30. The minimum Gasteiger partial charge on any atom is -0.392 e. The zero-order valence-electron chi connectivity index (χ0n) is 8.33. The summed E-state index contributed by atoms with van der Waals surface area (Å²) in [4.78, 5) is 0. The Bertz CT molecular complexity index is 318. The molecule has 1 aromatic rings. The fourth-order valence-electron chi connectivity index (χ4n) is 1.34. The molecule has 0 saturated carbocycles. The number of hydrogen-bond acceptors (Lipinski definition) is 1. The number of aliphatic hydroxyl groups is 1. The first-order valence-corrected chi connectivity index (χ1v) is 4.75. The van der Waals surface area contributed by atoms with Crippen LogP contribution in [0.3, 0.4) is 0 Å². The average Bonchev–Trinajstić information content (AvgIpc) is 2.18. The third-order valence-corrected chi connectivity index (χ3v) is 2.16. The predicted octanol–water partition coefficient (Wildman–Crippen LogP) is 2.62. The van der Waals surface area contributed by atoms with E-state index in [0.29, 0.717) is 0 Å². The van der Waals surface area contributed by atoms with Gasteiger partial charge in [0.25, 0.3) is 0 Å². The standard InChI is InChI=1S/C12H15FO/c1-10-6-7-12(13)9-11(10)5-3-2-4-8-14/h2,4,6-7,9,14H,3,5,8H2,1H3/b4-2+. The maximum absolute atomic E-state index is 12.9. The molecule has 1 rings (SSSR count). The highest BCUT2D eigenvalue weighted by Crippen LogP contribution is 2.12. The molecule has 0 fully saturated rings. The second kappa shape index (κ2) is 5.55. The van der Waals surface area contributed by atoms with Gasteiger partial charge in [-0.1, -0.05) is 18.2 Å². The van der Waals surface area contributed by atoms with Crippen molar-refractivity contribution in [3.8, 4) is 0 Å². The Balaban J connectivity index is 2.57. The number of aryl methyl sites for hydroxylation is 2. The molecule has 0 heterocycles. The summed E-state index contributed by atoms with van der Waals surface area (Å²) in [6, 6.07) is 4.84. The predicted molar refractivity (Wildman–Crippen MR) is 55.7 cm³/mol. The van der Waals surface area contributed by atoms with Gasteiger partial charge < -0.3 is 5.11 Å². The van der Waals surface area contributed by atoms with Gasteiger partial charge in [0.15, 0.2) is 0 Å². The highest BCUT2D eigenvalue weighted by molar-refractivity contribution is 5.26. The van der Waals surface area contributed by atoms with Crippen molar-refractivity contribution in [2.45, 2.75) is 19.8 Å². The summed E-state index contributed by atoms with van der Waals surface area (Å²) in [5.74, 6) is -0.184. The van der Waals surface area contributed by atoms with E-state index in [1.165, 1.54) is 6.07 Å². The van der Waals surface area contributed by atoms with Gasteiger partial charge in [0.1, 0.15) is 5.82 Å². The summed E-state index contributed by atoms with van der Waals surface area (Å²) < 4.78 is 12.9. The van der Waals surface area contributed by atoms with Crippen molar-refractivity contribution >= 4 is 0 Å². The largest absolute Gasteiger partial charge is 0.392 e. The van der Waals surface area contributed by atoms with Crippen LogP contribution in [-0.2, 0) is 6.42 Å². The molecular weight excluding hydrogens is 179 g/mol. The van der Waals surface area contributed by atoms with E-state index in [2.05, 4.69) is 0 Å². The van der Waals surface area contributed by atoms with Crippen molar-refractivity contribution in [1.82, 2.24) is 0 Å². The van der Waals surface area contributed by atoms with Gasteiger partial charge in [0.05, 0.1) is 6.61 Å². The highest BCUT2D eigenvalue weighted by Gasteiger charge is 1.98. The molecule has 0 saturated heterocycles. The van der Waals surface area contributed by atoms with Gasteiger partial charge in [0, 0.05) is 0 Å². The first-order chi connectivity index (χ1) is 6.74. The molecule has 0 radical (unpaired) electrons. The van der Waals surface area contributed by atoms with Gasteiger partial charge in [-0.15, -0.1) is 0 Å². The Morgan fingerprint density at radius 1 is 1.36 bits per heavy atom. The zero-order chi connectivity index (χ0) is 10.4. The molecule has 76 valence electrons. The molecule has 0 amide bonds. The lowest BCUT2D eigenvalue weighted by Crippen LogP contribution is -1.90. The molecule has 2 heteroatoms. The molecule has 0 aliphatic carbocycles. The minimum atomic E-state index is -0.184. The molecule has 0 aliphatic rings. The molecule has 0 bridgehead atoms. The van der Waals surface area contributed by atoms with Crippen molar-refractivity contribution < 1.29 is 9.50 Å². The summed E-state index contributed by atoms with van der Waals surface area (Å²) in [6.07, 6.45) is 5.27. The van der Waals surface area contributed by atoms with E-state index >= 15 is 0 Å². The summed E-state index contributed by atoms with van der Waals surface area (Å²) in [6.45, 7) is 2.05. The first kappa shape index (κ1) is 10.9. The van der Waals surface area contributed by atoms with Gasteiger partial charge in [-0.2, -0.15) is 0 Å². The number of allylic oxidation sites excluding steroid dienone is 1. The van der Waals surface area contributed by atoms with Gasteiger partial charge in [-0.25, -0.2) is 4.39 Å². The third-order valence-electron chi connectivity index (χ3n) is 2.16. The Morgan fingerprint density at radius 2 is 2.14 bits per heavy atom. The van der Waals surface area contributed by atoms with E-state index in [9.17, 15) is 4.39 Å². The minimum absolute atomic E-state index is 0.0716. The summed E-state index contributed by atoms with van der Waals surface area (Å²) in [5, 5.41) is 8.52. The lowest BCUT2D eigenvalue weighted by Gasteiger charge is -2.03. The quantitative estimate of drug-likeness (QED) is 0.730. The molecule has 0 aromatic heterocycles. The number of benzene rings is 1. The zero-order valence-corrected chi connectivity index (χ0v) is 8.33. The number of aliphatic hydroxyl groups excluding tert-OH is 1. The van der Waals surface area contributed by atoms with Crippen molar-refractivity contribution in [2.75, 3.05) is 6.61 Å². The van der Waals surface area contributed by atoms with E-state index in [0.717, 1.165) is 24.0 Å². The van der Waals surface area contributed by atoms with Crippen LogP contribution < -0.4 is 0 Å². The van der Waals surface area contributed by atoms with E-state index in [1.807, 2.05) is 13.0 Å². The van der Waals surface area contributed by atoms with Crippen LogP contribution in [0, 0.1) is 12.7 Å². The van der Waals surface area contributed by atoms with Crippen LogP contribution in [0.5, 0.6) is 0 Å². The van der Waals surface area contributed by atoms with Crippen LogP contribution in [-0.4, -0.2) is 11.7 Å². The number of halogens is 1. The molecule has 0 atom stereocenters. The van der Waals surface area contributed by atoms with Crippen molar-refractivity contribution in [1.29, 1.82) is 0 Å². The average molecular weight is 194 g/mol. The van der Waals surface area contributed by atoms with Gasteiger partial charge in [-0.05, 0) is 43.0 Å². The molecule has 1 aromatic carbocycles. The highest BCUT2D eigenvalue weighted by atomic mass is 19.1. The van der Waals surface area contributed by atoms with Gasteiger partial charge in [0.2, 0.25) is 0 Å². The molecule has 0 aliphatic heterocycles. The Labute approximate surface area is 83.9 Å². The monoisotopic (exact) mass is 194 g/mol.